The molecule has 1 saturated carbocycles. The zero-order valence-corrected chi connectivity index (χ0v) is 20.2. The van der Waals surface area contributed by atoms with Crippen LogP contribution in [0.2, 0.25) is 0 Å². The molecule has 5 rings (SSSR count). The predicted molar refractivity (Wildman–Crippen MR) is 137 cm³/mol. The lowest BCUT2D eigenvalue weighted by Crippen LogP contribution is -2.32. The summed E-state index contributed by atoms with van der Waals surface area (Å²) in [5.41, 5.74) is 10.2. The minimum atomic E-state index is 0.165. The highest BCUT2D eigenvalue weighted by atomic mass is 32.2. The highest BCUT2D eigenvalue weighted by molar-refractivity contribution is 8.16. The average molecular weight is 451 g/mol. The zero-order chi connectivity index (χ0) is 21.9. The number of rotatable bonds is 5. The Hall–Kier alpha value is -1.69. The fraction of sp³-hybridized carbons (Fsp3) is 0.556. The van der Waals surface area contributed by atoms with Crippen molar-refractivity contribution in [2.75, 3.05) is 31.1 Å². The van der Waals surface area contributed by atoms with Gasteiger partial charge in [0.05, 0.1) is 5.69 Å². The Balaban J connectivity index is 1.29. The van der Waals surface area contributed by atoms with Gasteiger partial charge in [0.25, 0.3) is 0 Å². The second kappa shape index (κ2) is 10.1. The fourth-order valence-electron chi connectivity index (χ4n) is 5.73. The van der Waals surface area contributed by atoms with Gasteiger partial charge in [0.2, 0.25) is 0 Å². The molecule has 0 spiro atoms. The molecular formula is C27H38N4S. The summed E-state index contributed by atoms with van der Waals surface area (Å²) in [7, 11) is 0.165. The van der Waals surface area contributed by atoms with Crippen molar-refractivity contribution < 1.29 is 0 Å². The number of aromatic nitrogens is 1. The van der Waals surface area contributed by atoms with Crippen LogP contribution in [0.4, 0.5) is 5.69 Å². The molecule has 3 N–H and O–H groups in total. The summed E-state index contributed by atoms with van der Waals surface area (Å²) < 4.78 is 0. The summed E-state index contributed by atoms with van der Waals surface area (Å²) >= 11 is 0. The molecule has 1 aromatic carbocycles. The van der Waals surface area contributed by atoms with Crippen molar-refractivity contribution in [1.82, 2.24) is 15.2 Å². The van der Waals surface area contributed by atoms with Crippen molar-refractivity contribution in [2.45, 2.75) is 62.8 Å². The van der Waals surface area contributed by atoms with Gasteiger partial charge in [0, 0.05) is 40.6 Å². The van der Waals surface area contributed by atoms with E-state index in [1.165, 1.54) is 60.4 Å². The molecular weight excluding hydrogens is 412 g/mol. The Labute approximate surface area is 195 Å². The molecule has 1 saturated heterocycles. The van der Waals surface area contributed by atoms with Gasteiger partial charge in [-0.05, 0) is 86.4 Å². The van der Waals surface area contributed by atoms with Gasteiger partial charge in [-0.3, -0.25) is 15.2 Å². The van der Waals surface area contributed by atoms with Crippen LogP contribution >= 0.6 is 10.5 Å². The molecule has 1 atom stereocenters. The molecule has 0 radical (unpaired) electrons. The third-order valence-electron chi connectivity index (χ3n) is 7.73. The maximum absolute atomic E-state index is 6.57. The average Bonchev–Trinajstić information content (AvgIpc) is 3.31. The first-order valence-corrected chi connectivity index (χ1v) is 13.9. The van der Waals surface area contributed by atoms with E-state index in [0.717, 1.165) is 43.7 Å². The van der Waals surface area contributed by atoms with Crippen LogP contribution in [0.3, 0.4) is 0 Å². The number of piperidine rings is 1. The van der Waals surface area contributed by atoms with Crippen molar-refractivity contribution in [3.05, 3.63) is 53.9 Å². The molecule has 2 fully saturated rings. The molecule has 3 aliphatic rings. The first-order chi connectivity index (χ1) is 15.7. The minimum absolute atomic E-state index is 0.165. The first-order valence-electron chi connectivity index (χ1n) is 12.5. The van der Waals surface area contributed by atoms with Crippen LogP contribution < -0.4 is 11.1 Å². The second-order valence-electron chi connectivity index (χ2n) is 10.0. The number of pyridine rings is 1. The summed E-state index contributed by atoms with van der Waals surface area (Å²) in [6, 6.07) is 13.2. The van der Waals surface area contributed by atoms with Crippen LogP contribution in [0, 0.1) is 11.8 Å². The molecule has 1 aliphatic carbocycles. The van der Waals surface area contributed by atoms with E-state index in [-0.39, 0.29) is 10.5 Å². The predicted octanol–water partition coefficient (Wildman–Crippen LogP) is 5.23. The molecule has 0 amide bonds. The molecule has 2 aliphatic heterocycles. The molecule has 3 heterocycles. The van der Waals surface area contributed by atoms with E-state index in [0.29, 0.717) is 5.92 Å². The number of nitrogen functional groups attached to an aromatic ring is 1. The van der Waals surface area contributed by atoms with Crippen LogP contribution in [0.1, 0.15) is 62.6 Å². The van der Waals surface area contributed by atoms with Crippen LogP contribution in [-0.2, 0) is 6.54 Å². The third-order valence-corrected chi connectivity index (χ3v) is 10.2. The summed E-state index contributed by atoms with van der Waals surface area (Å²) in [5.74, 6) is 3.51. The van der Waals surface area contributed by atoms with E-state index in [4.69, 9.17) is 5.73 Å². The third kappa shape index (κ3) is 4.95. The van der Waals surface area contributed by atoms with E-state index in [1.807, 2.05) is 12.3 Å². The van der Waals surface area contributed by atoms with Gasteiger partial charge >= 0.3 is 0 Å². The number of hydrogen-bond donors (Lipinski definition) is 2. The SMILES string of the molecule is CC1CCC(C2=S(c3cc(C4CCN(Cc5ccccn5)CC4)ccc3N)CCN2)CC1. The monoisotopic (exact) mass is 450 g/mol. The Kier molecular flexibility index (Phi) is 6.96. The lowest BCUT2D eigenvalue weighted by atomic mass is 9.83. The number of likely N-dealkylation sites (tertiary alicyclic amines) is 1. The topological polar surface area (TPSA) is 54.2 Å². The zero-order valence-electron chi connectivity index (χ0n) is 19.4. The highest BCUT2D eigenvalue weighted by Gasteiger charge is 2.28. The van der Waals surface area contributed by atoms with Crippen molar-refractivity contribution in [1.29, 1.82) is 0 Å². The second-order valence-corrected chi connectivity index (χ2v) is 12.1. The molecule has 172 valence electrons. The van der Waals surface area contributed by atoms with Crippen molar-refractivity contribution in [2.24, 2.45) is 11.8 Å². The molecule has 32 heavy (non-hydrogen) atoms. The lowest BCUT2D eigenvalue weighted by Gasteiger charge is -2.32. The Morgan fingerprint density at radius 2 is 1.84 bits per heavy atom. The number of nitrogens with two attached hydrogens (primary N) is 1. The Morgan fingerprint density at radius 3 is 2.59 bits per heavy atom. The fourth-order valence-corrected chi connectivity index (χ4v) is 8.26. The Bertz CT molecular complexity index is 941. The molecule has 1 aromatic heterocycles. The summed E-state index contributed by atoms with van der Waals surface area (Å²) in [5, 5.41) is 3.81. The molecule has 2 aromatic rings. The number of benzene rings is 1. The first kappa shape index (κ1) is 22.1. The molecule has 5 heteroatoms. The largest absolute Gasteiger partial charge is 0.398 e. The van der Waals surface area contributed by atoms with Gasteiger partial charge in [-0.2, -0.15) is 0 Å². The number of nitrogens with zero attached hydrogens (tertiary/aromatic N) is 2. The number of nitrogens with one attached hydrogen (secondary N) is 1. The van der Waals surface area contributed by atoms with Crippen LogP contribution in [0.25, 0.3) is 0 Å². The smallest absolute Gasteiger partial charge is 0.0543 e. The number of anilines is 1. The normalized spacial score (nSPS) is 27.7. The van der Waals surface area contributed by atoms with E-state index in [2.05, 4.69) is 52.5 Å². The van der Waals surface area contributed by atoms with E-state index < -0.39 is 0 Å². The highest BCUT2D eigenvalue weighted by Crippen LogP contribution is 2.42. The standard InChI is InChI=1S/C27H38N4S/c1-20-5-7-22(8-6-20)27-30-14-17-32(27)26-18-23(9-10-25(26)28)21-11-15-31(16-12-21)19-24-4-2-3-13-29-24/h2-4,9-10,13,18,20-22,30H,5-8,11-12,14-17,19,28H2,1H3. The van der Waals surface area contributed by atoms with E-state index in [9.17, 15) is 0 Å². The minimum Gasteiger partial charge on any atom is -0.398 e. The van der Waals surface area contributed by atoms with Crippen molar-refractivity contribution in [3.8, 4) is 0 Å². The summed E-state index contributed by atoms with van der Waals surface area (Å²) in [6.07, 6.45) is 9.79. The quantitative estimate of drug-likeness (QED) is 0.484. The molecule has 4 nitrogen and oxygen atoms in total. The van der Waals surface area contributed by atoms with Gasteiger partial charge in [0.1, 0.15) is 0 Å². The van der Waals surface area contributed by atoms with Gasteiger partial charge in [-0.25, -0.2) is 0 Å². The van der Waals surface area contributed by atoms with Crippen molar-refractivity contribution >= 4 is 21.2 Å². The van der Waals surface area contributed by atoms with Gasteiger partial charge in [-0.15, -0.1) is 10.5 Å². The van der Waals surface area contributed by atoms with Crippen LogP contribution in [-0.4, -0.2) is 40.3 Å². The van der Waals surface area contributed by atoms with Crippen molar-refractivity contribution in [3.63, 3.8) is 0 Å². The van der Waals surface area contributed by atoms with Gasteiger partial charge < -0.3 is 5.73 Å². The summed E-state index contributed by atoms with van der Waals surface area (Å²) in [6.45, 7) is 6.78. The van der Waals surface area contributed by atoms with Gasteiger partial charge in [-0.1, -0.05) is 31.9 Å². The Morgan fingerprint density at radius 1 is 1.03 bits per heavy atom. The molecule has 0 bridgehead atoms. The van der Waals surface area contributed by atoms with Crippen LogP contribution in [0.5, 0.6) is 0 Å². The van der Waals surface area contributed by atoms with E-state index >= 15 is 0 Å². The summed E-state index contributed by atoms with van der Waals surface area (Å²) in [4.78, 5) is 10.1. The number of hydrogen-bond acceptors (Lipinski definition) is 4. The van der Waals surface area contributed by atoms with Gasteiger partial charge in [0.15, 0.2) is 0 Å². The maximum atomic E-state index is 6.57. The lowest BCUT2D eigenvalue weighted by molar-refractivity contribution is 0.202. The molecule has 1 unspecified atom stereocenters. The van der Waals surface area contributed by atoms with E-state index in [1.54, 1.807) is 4.99 Å². The van der Waals surface area contributed by atoms with Crippen LogP contribution in [0.15, 0.2) is 47.5 Å². The maximum Gasteiger partial charge on any atom is 0.0543 e.